The summed E-state index contributed by atoms with van der Waals surface area (Å²) >= 11 is 0. The Morgan fingerprint density at radius 1 is 1.14 bits per heavy atom. The van der Waals surface area contributed by atoms with Crippen molar-refractivity contribution >= 4 is 29.5 Å². The van der Waals surface area contributed by atoms with Crippen LogP contribution in [0.3, 0.4) is 0 Å². The molecule has 11 heteroatoms. The van der Waals surface area contributed by atoms with Gasteiger partial charge in [0.1, 0.15) is 12.0 Å². The number of unbranched alkanes of at least 4 members (excludes halogenated alkanes) is 1. The van der Waals surface area contributed by atoms with Crippen LogP contribution in [0.15, 0.2) is 0 Å². The van der Waals surface area contributed by atoms with Gasteiger partial charge in [0.2, 0.25) is 11.8 Å². The molecule has 158 valence electrons. The van der Waals surface area contributed by atoms with Gasteiger partial charge in [-0.3, -0.25) is 19.2 Å². The number of hydrogen-bond acceptors (Lipinski definition) is 7. The lowest BCUT2D eigenvalue weighted by molar-refractivity contribution is -0.151. The quantitative estimate of drug-likeness (QED) is 0.177. The smallest absolute Gasteiger partial charge is 0.326 e. The SMILES string of the molecule is NCCCC[C@@H](C(=O)O)N1CC[C@H](C(=O)[C@H](CCC(=O)O)NC(=O)CN)C1=O. The molecule has 0 aromatic rings. The molecule has 1 fully saturated rings. The summed E-state index contributed by atoms with van der Waals surface area (Å²) < 4.78 is 0. The lowest BCUT2D eigenvalue weighted by Gasteiger charge is -2.25. The minimum absolute atomic E-state index is 0.102. The van der Waals surface area contributed by atoms with E-state index >= 15 is 0 Å². The summed E-state index contributed by atoms with van der Waals surface area (Å²) in [7, 11) is 0. The van der Waals surface area contributed by atoms with Crippen LogP contribution in [0.5, 0.6) is 0 Å². The van der Waals surface area contributed by atoms with Crippen molar-refractivity contribution in [2.45, 2.75) is 50.6 Å². The second-order valence-electron chi connectivity index (χ2n) is 6.67. The molecule has 0 radical (unpaired) electrons. The number of likely N-dealkylation sites (tertiary alicyclic amines) is 1. The molecule has 1 rings (SSSR count). The molecule has 1 aliphatic heterocycles. The third-order valence-corrected chi connectivity index (χ3v) is 4.69. The molecule has 0 bridgehead atoms. The van der Waals surface area contributed by atoms with Crippen molar-refractivity contribution in [1.29, 1.82) is 0 Å². The predicted molar refractivity (Wildman–Crippen MR) is 97.0 cm³/mol. The van der Waals surface area contributed by atoms with E-state index < -0.39 is 47.5 Å². The number of carboxylic acids is 2. The maximum atomic E-state index is 12.8. The number of amides is 2. The molecule has 0 aliphatic carbocycles. The summed E-state index contributed by atoms with van der Waals surface area (Å²) in [5.41, 5.74) is 10.6. The number of ketones is 1. The molecule has 3 atom stereocenters. The molecule has 1 heterocycles. The standard InChI is InChI=1S/C17H28N4O7/c18-7-2-1-3-12(17(27)28)21-8-6-10(16(21)26)15(25)11(4-5-14(23)24)20-13(22)9-19/h10-12H,1-9,18-19H2,(H,20,22)(H,23,24)(H,27,28)/t10-,11+,12+/m1/s1. The third kappa shape index (κ3) is 6.57. The van der Waals surface area contributed by atoms with Crippen molar-refractivity contribution in [3.63, 3.8) is 0 Å². The first-order chi connectivity index (χ1) is 13.2. The van der Waals surface area contributed by atoms with Crippen LogP contribution in [0.1, 0.15) is 38.5 Å². The zero-order chi connectivity index (χ0) is 21.3. The first kappa shape index (κ1) is 23.5. The van der Waals surface area contributed by atoms with Gasteiger partial charge in [0.05, 0.1) is 12.6 Å². The zero-order valence-corrected chi connectivity index (χ0v) is 15.6. The van der Waals surface area contributed by atoms with Gasteiger partial charge >= 0.3 is 11.9 Å². The molecule has 0 aromatic heterocycles. The molecule has 11 nitrogen and oxygen atoms in total. The average Bonchev–Trinajstić information content (AvgIpc) is 3.02. The van der Waals surface area contributed by atoms with Crippen molar-refractivity contribution in [3.8, 4) is 0 Å². The first-order valence-electron chi connectivity index (χ1n) is 9.21. The van der Waals surface area contributed by atoms with Crippen molar-refractivity contribution in [3.05, 3.63) is 0 Å². The van der Waals surface area contributed by atoms with Gasteiger partial charge in [0.15, 0.2) is 5.78 Å². The van der Waals surface area contributed by atoms with Gasteiger partial charge < -0.3 is 31.9 Å². The van der Waals surface area contributed by atoms with Crippen LogP contribution in [-0.2, 0) is 24.0 Å². The van der Waals surface area contributed by atoms with Crippen LogP contribution in [0, 0.1) is 5.92 Å². The van der Waals surface area contributed by atoms with E-state index in [9.17, 15) is 29.1 Å². The molecule has 0 saturated carbocycles. The monoisotopic (exact) mass is 400 g/mol. The van der Waals surface area contributed by atoms with Crippen molar-refractivity contribution in [2.24, 2.45) is 17.4 Å². The number of carbonyl (C=O) groups excluding carboxylic acids is 3. The number of carbonyl (C=O) groups is 5. The van der Waals surface area contributed by atoms with Crippen LogP contribution in [0.2, 0.25) is 0 Å². The van der Waals surface area contributed by atoms with Crippen LogP contribution in [0.25, 0.3) is 0 Å². The lowest BCUT2D eigenvalue weighted by atomic mass is 9.93. The minimum atomic E-state index is -1.17. The summed E-state index contributed by atoms with van der Waals surface area (Å²) in [6.07, 6.45) is 0.942. The number of Topliss-reactive ketones (excluding diaryl/α,β-unsaturated/α-hetero) is 1. The molecule has 1 aliphatic rings. The van der Waals surface area contributed by atoms with Gasteiger partial charge in [-0.15, -0.1) is 0 Å². The van der Waals surface area contributed by atoms with Gasteiger partial charge in [-0.1, -0.05) is 0 Å². The number of aliphatic carboxylic acids is 2. The molecule has 1 saturated heterocycles. The predicted octanol–water partition coefficient (Wildman–Crippen LogP) is -1.71. The third-order valence-electron chi connectivity index (χ3n) is 4.69. The Balaban J connectivity index is 2.87. The Hall–Kier alpha value is -2.53. The lowest BCUT2D eigenvalue weighted by Crippen LogP contribution is -2.49. The Kier molecular flexibility index (Phi) is 9.52. The number of nitrogens with one attached hydrogen (secondary N) is 1. The summed E-state index contributed by atoms with van der Waals surface area (Å²) in [4.78, 5) is 60.5. The summed E-state index contributed by atoms with van der Waals surface area (Å²) in [5, 5.41) is 20.6. The summed E-state index contributed by atoms with van der Waals surface area (Å²) in [6.45, 7) is 0.128. The second kappa shape index (κ2) is 11.3. The Morgan fingerprint density at radius 2 is 1.82 bits per heavy atom. The summed E-state index contributed by atoms with van der Waals surface area (Å²) in [5.74, 6) is -5.30. The molecule has 7 N–H and O–H groups in total. The number of rotatable bonds is 13. The average molecular weight is 400 g/mol. The van der Waals surface area contributed by atoms with E-state index in [1.165, 1.54) is 4.90 Å². The fourth-order valence-corrected chi connectivity index (χ4v) is 3.22. The number of nitrogens with two attached hydrogens (primary N) is 2. The number of nitrogens with zero attached hydrogens (tertiary/aromatic N) is 1. The van der Waals surface area contributed by atoms with Crippen molar-refractivity contribution in [2.75, 3.05) is 19.6 Å². The van der Waals surface area contributed by atoms with E-state index in [0.717, 1.165) is 0 Å². The molecule has 0 unspecified atom stereocenters. The van der Waals surface area contributed by atoms with Crippen LogP contribution >= 0.6 is 0 Å². The molecule has 2 amide bonds. The fourth-order valence-electron chi connectivity index (χ4n) is 3.22. The fraction of sp³-hybridized carbons (Fsp3) is 0.706. The maximum Gasteiger partial charge on any atom is 0.326 e. The van der Waals surface area contributed by atoms with Gasteiger partial charge in [-0.25, -0.2) is 4.79 Å². The van der Waals surface area contributed by atoms with Gasteiger partial charge in [-0.05, 0) is 38.6 Å². The highest BCUT2D eigenvalue weighted by molar-refractivity contribution is 6.06. The van der Waals surface area contributed by atoms with Crippen LogP contribution in [0.4, 0.5) is 0 Å². The highest BCUT2D eigenvalue weighted by atomic mass is 16.4. The minimum Gasteiger partial charge on any atom is -0.481 e. The number of hydrogen-bond donors (Lipinski definition) is 5. The second-order valence-corrected chi connectivity index (χ2v) is 6.67. The molecule has 0 spiro atoms. The van der Waals surface area contributed by atoms with Gasteiger partial charge in [0, 0.05) is 13.0 Å². The van der Waals surface area contributed by atoms with Crippen LogP contribution < -0.4 is 16.8 Å². The highest BCUT2D eigenvalue weighted by Gasteiger charge is 2.44. The van der Waals surface area contributed by atoms with Crippen molar-refractivity contribution < 1.29 is 34.2 Å². The number of carboxylic acid groups (broad SMARTS) is 2. The van der Waals surface area contributed by atoms with E-state index in [0.29, 0.717) is 19.4 Å². The van der Waals surface area contributed by atoms with E-state index in [1.54, 1.807) is 0 Å². The highest BCUT2D eigenvalue weighted by Crippen LogP contribution is 2.25. The molecule has 28 heavy (non-hydrogen) atoms. The van der Waals surface area contributed by atoms with Gasteiger partial charge in [-0.2, -0.15) is 0 Å². The largest absolute Gasteiger partial charge is 0.481 e. The van der Waals surface area contributed by atoms with Crippen LogP contribution in [-0.4, -0.2) is 76.4 Å². The van der Waals surface area contributed by atoms with E-state index in [-0.39, 0.29) is 38.8 Å². The Morgan fingerprint density at radius 3 is 2.36 bits per heavy atom. The van der Waals surface area contributed by atoms with E-state index in [1.807, 2.05) is 0 Å². The maximum absolute atomic E-state index is 12.8. The summed E-state index contributed by atoms with van der Waals surface area (Å²) in [6, 6.07) is -2.21. The molecular formula is C17H28N4O7. The van der Waals surface area contributed by atoms with E-state index in [4.69, 9.17) is 16.6 Å². The van der Waals surface area contributed by atoms with Crippen molar-refractivity contribution in [1.82, 2.24) is 10.2 Å². The molecule has 0 aromatic carbocycles. The van der Waals surface area contributed by atoms with Gasteiger partial charge in [0.25, 0.3) is 0 Å². The normalized spacial score (nSPS) is 18.6. The Labute approximate surface area is 162 Å². The first-order valence-corrected chi connectivity index (χ1v) is 9.21. The Bertz CT molecular complexity index is 610. The topological polar surface area (TPSA) is 193 Å². The van der Waals surface area contributed by atoms with E-state index in [2.05, 4.69) is 5.32 Å². The molecular weight excluding hydrogens is 372 g/mol. The zero-order valence-electron chi connectivity index (χ0n) is 15.6.